The smallest absolute Gasteiger partial charge is 0.244 e. The normalized spacial score (nSPS) is 11.8. The molecule has 7 heteroatoms. The van der Waals surface area contributed by atoms with Gasteiger partial charge in [-0.05, 0) is 37.1 Å². The van der Waals surface area contributed by atoms with E-state index in [2.05, 4.69) is 10.5 Å². The number of carbonyl (C=O) groups is 2. The lowest BCUT2D eigenvalue weighted by molar-refractivity contribution is -0.134. The van der Waals surface area contributed by atoms with Gasteiger partial charge in [0, 0.05) is 37.7 Å². The second-order valence-electron chi connectivity index (χ2n) is 7.74. The van der Waals surface area contributed by atoms with Crippen molar-refractivity contribution in [3.63, 3.8) is 0 Å². The Kier molecular flexibility index (Phi) is 8.41. The molecule has 7 nitrogen and oxygen atoms in total. The van der Waals surface area contributed by atoms with E-state index in [1.807, 2.05) is 60.7 Å². The lowest BCUT2D eigenvalue weighted by Crippen LogP contribution is -2.45. The van der Waals surface area contributed by atoms with Crippen LogP contribution in [0.5, 0.6) is 5.75 Å². The molecule has 0 aliphatic carbocycles. The highest BCUT2D eigenvalue weighted by molar-refractivity contribution is 5.95. The zero-order valence-electron chi connectivity index (χ0n) is 19.2. The number of hydrogen-bond acceptors (Lipinski definition) is 5. The number of carbonyl (C=O) groups excluding carboxylic acids is 2. The Hall–Kier alpha value is -3.87. The summed E-state index contributed by atoms with van der Waals surface area (Å²) >= 11 is 0. The fourth-order valence-electron chi connectivity index (χ4n) is 3.32. The van der Waals surface area contributed by atoms with E-state index in [9.17, 15) is 9.59 Å². The van der Waals surface area contributed by atoms with Crippen molar-refractivity contribution in [2.24, 2.45) is 0 Å². The molecule has 1 atom stereocenters. The fraction of sp³-hybridized carbons (Fsp3) is 0.269. The third-order valence-corrected chi connectivity index (χ3v) is 5.19. The summed E-state index contributed by atoms with van der Waals surface area (Å²) in [6, 6.07) is 18.5. The number of rotatable bonds is 10. The van der Waals surface area contributed by atoms with Gasteiger partial charge in [-0.25, -0.2) is 0 Å². The molecule has 1 N–H and O–H groups in total. The number of nitrogens with zero attached hydrogens (tertiary/aromatic N) is 2. The van der Waals surface area contributed by atoms with Gasteiger partial charge in [-0.15, -0.1) is 0 Å². The van der Waals surface area contributed by atoms with Gasteiger partial charge < -0.3 is 19.5 Å². The Balaban J connectivity index is 1.42. The minimum Gasteiger partial charge on any atom is -0.497 e. The van der Waals surface area contributed by atoms with Crippen molar-refractivity contribution in [3.05, 3.63) is 78.1 Å². The van der Waals surface area contributed by atoms with Crippen LogP contribution in [-0.4, -0.2) is 48.6 Å². The Labute approximate surface area is 194 Å². The molecule has 3 aromatic rings. The molecular weight excluding hydrogens is 418 g/mol. The highest BCUT2D eigenvalue weighted by atomic mass is 16.5. The molecule has 2 aromatic carbocycles. The highest BCUT2D eigenvalue weighted by Gasteiger charge is 2.18. The third kappa shape index (κ3) is 7.07. The van der Waals surface area contributed by atoms with E-state index in [4.69, 9.17) is 9.26 Å². The molecule has 172 valence electrons. The van der Waals surface area contributed by atoms with Gasteiger partial charge in [0.25, 0.3) is 0 Å². The van der Waals surface area contributed by atoms with Crippen LogP contribution in [0, 0.1) is 0 Å². The van der Waals surface area contributed by atoms with E-state index in [1.165, 1.54) is 6.08 Å². The molecule has 0 saturated heterocycles. The van der Waals surface area contributed by atoms with Crippen molar-refractivity contribution in [2.75, 3.05) is 20.7 Å². The summed E-state index contributed by atoms with van der Waals surface area (Å²) in [5.41, 5.74) is 2.67. The van der Waals surface area contributed by atoms with Gasteiger partial charge in [0.2, 0.25) is 11.8 Å². The molecule has 0 bridgehead atoms. The summed E-state index contributed by atoms with van der Waals surface area (Å²) in [6.07, 6.45) is 4.50. The summed E-state index contributed by atoms with van der Waals surface area (Å²) in [7, 11) is 3.33. The number of ether oxygens (including phenoxy) is 1. The van der Waals surface area contributed by atoms with Gasteiger partial charge >= 0.3 is 0 Å². The molecule has 1 unspecified atom stereocenters. The summed E-state index contributed by atoms with van der Waals surface area (Å²) in [5, 5.41) is 6.83. The van der Waals surface area contributed by atoms with Crippen molar-refractivity contribution in [1.82, 2.24) is 15.4 Å². The van der Waals surface area contributed by atoms with Gasteiger partial charge in [-0.2, -0.15) is 0 Å². The topological polar surface area (TPSA) is 84.7 Å². The number of hydrogen-bond donors (Lipinski definition) is 1. The zero-order valence-corrected chi connectivity index (χ0v) is 19.2. The second kappa shape index (κ2) is 11.7. The molecule has 3 rings (SSSR count). The van der Waals surface area contributed by atoms with Crippen molar-refractivity contribution >= 4 is 17.9 Å². The lowest BCUT2D eigenvalue weighted by atomic mass is 10.1. The Morgan fingerprint density at radius 2 is 1.88 bits per heavy atom. The van der Waals surface area contributed by atoms with Crippen LogP contribution in [0.2, 0.25) is 0 Å². The first-order valence-electron chi connectivity index (χ1n) is 10.8. The highest BCUT2D eigenvalue weighted by Crippen LogP contribution is 2.19. The van der Waals surface area contributed by atoms with E-state index in [1.54, 1.807) is 32.1 Å². The van der Waals surface area contributed by atoms with Crippen LogP contribution in [0.3, 0.4) is 0 Å². The third-order valence-electron chi connectivity index (χ3n) is 5.19. The monoisotopic (exact) mass is 447 g/mol. The number of nitrogens with one attached hydrogen (secondary N) is 1. The molecule has 0 aliphatic heterocycles. The number of methoxy groups -OCH3 is 1. The van der Waals surface area contributed by atoms with E-state index in [-0.39, 0.29) is 11.8 Å². The van der Waals surface area contributed by atoms with Crippen LogP contribution in [0.1, 0.15) is 24.7 Å². The first kappa shape index (κ1) is 23.8. The average molecular weight is 448 g/mol. The van der Waals surface area contributed by atoms with Crippen LogP contribution in [-0.2, 0) is 16.0 Å². The average Bonchev–Trinajstić information content (AvgIpc) is 3.32. The predicted molar refractivity (Wildman–Crippen MR) is 128 cm³/mol. The van der Waals surface area contributed by atoms with Crippen LogP contribution in [0.25, 0.3) is 17.3 Å². The molecule has 0 saturated carbocycles. The first-order chi connectivity index (χ1) is 16.0. The van der Waals surface area contributed by atoms with Crippen molar-refractivity contribution in [2.45, 2.75) is 25.8 Å². The standard InChI is InChI=1S/C26H29N3O4/c1-19(27-25(30)16-13-20-11-14-22(32-3)15-12-20)26(31)29(2)17-7-10-23-18-24(28-33-23)21-8-5-4-6-9-21/h4-6,8-9,11-16,18-19H,7,10,17H2,1-3H3,(H,27,30)/b16-13+. The predicted octanol–water partition coefficient (Wildman–Crippen LogP) is 3.96. The number of aryl methyl sites for hydroxylation is 1. The second-order valence-corrected chi connectivity index (χ2v) is 7.74. The SMILES string of the molecule is COc1ccc(/C=C/C(=O)NC(C)C(=O)N(C)CCCc2cc(-c3ccccc3)no2)cc1. The molecule has 33 heavy (non-hydrogen) atoms. The Morgan fingerprint density at radius 1 is 1.15 bits per heavy atom. The Morgan fingerprint density at radius 3 is 2.58 bits per heavy atom. The summed E-state index contributed by atoms with van der Waals surface area (Å²) in [6.45, 7) is 2.22. The molecule has 2 amide bonds. The van der Waals surface area contributed by atoms with Crippen LogP contribution in [0.4, 0.5) is 0 Å². The quantitative estimate of drug-likeness (QED) is 0.476. The van der Waals surface area contributed by atoms with Gasteiger partial charge in [0.05, 0.1) is 7.11 Å². The molecule has 0 radical (unpaired) electrons. The summed E-state index contributed by atoms with van der Waals surface area (Å²) in [4.78, 5) is 26.4. The van der Waals surface area contributed by atoms with Gasteiger partial charge in [0.1, 0.15) is 23.2 Å². The fourth-order valence-corrected chi connectivity index (χ4v) is 3.32. The minimum absolute atomic E-state index is 0.149. The molecule has 0 spiro atoms. The first-order valence-corrected chi connectivity index (χ1v) is 10.8. The van der Waals surface area contributed by atoms with Crippen LogP contribution < -0.4 is 10.1 Å². The van der Waals surface area contributed by atoms with E-state index < -0.39 is 6.04 Å². The van der Waals surface area contributed by atoms with E-state index >= 15 is 0 Å². The van der Waals surface area contributed by atoms with Gasteiger partial charge in [-0.3, -0.25) is 9.59 Å². The Bertz CT molecular complexity index is 1070. The number of benzene rings is 2. The molecular formula is C26H29N3O4. The van der Waals surface area contributed by atoms with Crippen molar-refractivity contribution in [1.29, 1.82) is 0 Å². The number of likely N-dealkylation sites (N-methyl/N-ethyl adjacent to an activating group) is 1. The zero-order chi connectivity index (χ0) is 23.6. The molecule has 0 aliphatic rings. The molecule has 1 heterocycles. The molecule has 1 aromatic heterocycles. The van der Waals surface area contributed by atoms with Crippen LogP contribution in [0.15, 0.2) is 71.3 Å². The maximum absolute atomic E-state index is 12.6. The maximum atomic E-state index is 12.6. The van der Waals surface area contributed by atoms with Crippen molar-refractivity contribution in [3.8, 4) is 17.0 Å². The van der Waals surface area contributed by atoms with E-state index in [0.29, 0.717) is 13.0 Å². The van der Waals surface area contributed by atoms with Gasteiger partial charge in [0.15, 0.2) is 0 Å². The van der Waals surface area contributed by atoms with Crippen molar-refractivity contribution < 1.29 is 18.8 Å². The van der Waals surface area contributed by atoms with Crippen LogP contribution >= 0.6 is 0 Å². The summed E-state index contributed by atoms with van der Waals surface area (Å²) in [5.74, 6) is 1.05. The van der Waals surface area contributed by atoms with Gasteiger partial charge in [-0.1, -0.05) is 47.6 Å². The number of amides is 2. The summed E-state index contributed by atoms with van der Waals surface area (Å²) < 4.78 is 10.5. The number of aromatic nitrogens is 1. The molecule has 0 fully saturated rings. The van der Waals surface area contributed by atoms with E-state index in [0.717, 1.165) is 34.8 Å². The lowest BCUT2D eigenvalue weighted by Gasteiger charge is -2.21. The minimum atomic E-state index is -0.627. The maximum Gasteiger partial charge on any atom is 0.244 e. The largest absolute Gasteiger partial charge is 0.497 e.